The van der Waals surface area contributed by atoms with E-state index < -0.39 is 0 Å². The van der Waals surface area contributed by atoms with Crippen molar-refractivity contribution in [3.05, 3.63) is 51.8 Å². The molecule has 0 aliphatic carbocycles. The van der Waals surface area contributed by atoms with E-state index in [0.29, 0.717) is 16.6 Å². The fraction of sp³-hybridized carbons (Fsp3) is 0.412. The monoisotopic (exact) mass is 366 g/mol. The third kappa shape index (κ3) is 4.09. The molecule has 0 radical (unpaired) electrons. The molecule has 0 spiro atoms. The van der Waals surface area contributed by atoms with Gasteiger partial charge in [0.2, 0.25) is 5.91 Å². The summed E-state index contributed by atoms with van der Waals surface area (Å²) in [6.45, 7) is 6.26. The molecule has 2 heterocycles. The summed E-state index contributed by atoms with van der Waals surface area (Å²) in [7, 11) is 0. The minimum absolute atomic E-state index is 0.121. The van der Waals surface area contributed by atoms with Gasteiger partial charge in [0.15, 0.2) is 0 Å². The van der Waals surface area contributed by atoms with Gasteiger partial charge in [0, 0.05) is 44.6 Å². The van der Waals surface area contributed by atoms with Crippen molar-refractivity contribution in [2.45, 2.75) is 20.0 Å². The van der Waals surface area contributed by atoms with E-state index in [0.717, 1.165) is 44.0 Å². The predicted octanol–water partition coefficient (Wildman–Crippen LogP) is 2.84. The second-order valence-electron chi connectivity index (χ2n) is 6.04. The molecule has 0 bridgehead atoms. The van der Waals surface area contributed by atoms with E-state index in [9.17, 15) is 4.79 Å². The Morgan fingerprint density at radius 1 is 1.12 bits per heavy atom. The highest BCUT2D eigenvalue weighted by Gasteiger charge is 2.21. The van der Waals surface area contributed by atoms with E-state index in [4.69, 9.17) is 23.2 Å². The van der Waals surface area contributed by atoms with Crippen LogP contribution in [0, 0.1) is 6.92 Å². The number of carbonyl (C=O) groups is 1. The van der Waals surface area contributed by atoms with Gasteiger partial charge >= 0.3 is 0 Å². The molecule has 3 rings (SSSR count). The van der Waals surface area contributed by atoms with Gasteiger partial charge in [-0.05, 0) is 30.7 Å². The summed E-state index contributed by atoms with van der Waals surface area (Å²) in [6, 6.07) is 7.63. The van der Waals surface area contributed by atoms with Crippen molar-refractivity contribution in [2.24, 2.45) is 0 Å². The third-order valence-electron chi connectivity index (χ3n) is 4.33. The SMILES string of the molecule is Cc1ccnn1CC(=O)N1CCN(Cc2ccc(Cl)c(Cl)c2)CC1. The molecule has 1 saturated heterocycles. The first-order valence-corrected chi connectivity index (χ1v) is 8.71. The first-order valence-electron chi connectivity index (χ1n) is 7.95. The Bertz CT molecular complexity index is 723. The van der Waals surface area contributed by atoms with Gasteiger partial charge in [-0.25, -0.2) is 0 Å². The van der Waals surface area contributed by atoms with E-state index in [-0.39, 0.29) is 5.91 Å². The van der Waals surface area contributed by atoms with Crippen LogP contribution >= 0.6 is 23.2 Å². The van der Waals surface area contributed by atoms with E-state index in [2.05, 4.69) is 10.00 Å². The molecule has 128 valence electrons. The lowest BCUT2D eigenvalue weighted by atomic mass is 10.2. The Hall–Kier alpha value is -1.56. The molecule has 7 heteroatoms. The molecule has 1 aliphatic rings. The maximum atomic E-state index is 12.4. The molecule has 0 atom stereocenters. The van der Waals surface area contributed by atoms with Crippen molar-refractivity contribution >= 4 is 29.1 Å². The lowest BCUT2D eigenvalue weighted by Crippen LogP contribution is -2.49. The van der Waals surface area contributed by atoms with E-state index >= 15 is 0 Å². The zero-order valence-corrected chi connectivity index (χ0v) is 15.1. The maximum Gasteiger partial charge on any atom is 0.244 e. The van der Waals surface area contributed by atoms with Gasteiger partial charge in [-0.2, -0.15) is 5.10 Å². The summed E-state index contributed by atoms with van der Waals surface area (Å²) in [6.07, 6.45) is 1.72. The Morgan fingerprint density at radius 3 is 2.50 bits per heavy atom. The van der Waals surface area contributed by atoms with Gasteiger partial charge in [-0.15, -0.1) is 0 Å². The van der Waals surface area contributed by atoms with Crippen molar-refractivity contribution < 1.29 is 4.79 Å². The highest BCUT2D eigenvalue weighted by molar-refractivity contribution is 6.42. The van der Waals surface area contributed by atoms with Crippen LogP contribution in [0.3, 0.4) is 0 Å². The van der Waals surface area contributed by atoms with Crippen LogP contribution in [0.25, 0.3) is 0 Å². The van der Waals surface area contributed by atoms with Crippen LogP contribution in [0.1, 0.15) is 11.3 Å². The Balaban J connectivity index is 1.51. The van der Waals surface area contributed by atoms with E-state index in [1.165, 1.54) is 0 Å². The maximum absolute atomic E-state index is 12.4. The number of hydrogen-bond acceptors (Lipinski definition) is 3. The highest BCUT2D eigenvalue weighted by atomic mass is 35.5. The van der Waals surface area contributed by atoms with Crippen molar-refractivity contribution in [3.8, 4) is 0 Å². The van der Waals surface area contributed by atoms with Gasteiger partial charge in [-0.1, -0.05) is 29.3 Å². The summed E-state index contributed by atoms with van der Waals surface area (Å²) in [4.78, 5) is 16.6. The lowest BCUT2D eigenvalue weighted by Gasteiger charge is -2.34. The van der Waals surface area contributed by atoms with Crippen molar-refractivity contribution in [3.63, 3.8) is 0 Å². The Kier molecular flexibility index (Phi) is 5.43. The van der Waals surface area contributed by atoms with Crippen LogP contribution in [0.4, 0.5) is 0 Å². The lowest BCUT2D eigenvalue weighted by molar-refractivity contribution is -0.133. The summed E-state index contributed by atoms with van der Waals surface area (Å²) >= 11 is 12.0. The predicted molar refractivity (Wildman–Crippen MR) is 95.3 cm³/mol. The van der Waals surface area contributed by atoms with Gasteiger partial charge in [0.05, 0.1) is 10.0 Å². The van der Waals surface area contributed by atoms with Crippen LogP contribution in [0.2, 0.25) is 10.0 Å². The zero-order valence-electron chi connectivity index (χ0n) is 13.6. The molecule has 1 aromatic carbocycles. The van der Waals surface area contributed by atoms with Crippen LogP contribution in [-0.4, -0.2) is 51.7 Å². The number of halogens is 2. The minimum Gasteiger partial charge on any atom is -0.339 e. The molecule has 1 fully saturated rings. The van der Waals surface area contributed by atoms with Gasteiger partial charge < -0.3 is 4.90 Å². The second-order valence-corrected chi connectivity index (χ2v) is 6.85. The van der Waals surface area contributed by atoms with Crippen molar-refractivity contribution in [1.82, 2.24) is 19.6 Å². The molecular formula is C17H20Cl2N4O. The molecule has 2 aromatic rings. The average molecular weight is 367 g/mol. The van der Waals surface area contributed by atoms with Crippen molar-refractivity contribution in [1.29, 1.82) is 0 Å². The molecular weight excluding hydrogens is 347 g/mol. The molecule has 0 unspecified atom stereocenters. The van der Waals surface area contributed by atoms with Crippen LogP contribution in [0.15, 0.2) is 30.5 Å². The topological polar surface area (TPSA) is 41.4 Å². The molecule has 0 N–H and O–H groups in total. The number of aryl methyl sites for hydroxylation is 1. The molecule has 5 nitrogen and oxygen atoms in total. The number of carbonyl (C=O) groups excluding carboxylic acids is 1. The number of piperazine rings is 1. The Labute approximate surface area is 151 Å². The number of nitrogens with zero attached hydrogens (tertiary/aromatic N) is 4. The largest absolute Gasteiger partial charge is 0.339 e. The number of benzene rings is 1. The van der Waals surface area contributed by atoms with Gasteiger partial charge in [-0.3, -0.25) is 14.4 Å². The third-order valence-corrected chi connectivity index (χ3v) is 5.07. The zero-order chi connectivity index (χ0) is 17.1. The van der Waals surface area contributed by atoms with Gasteiger partial charge in [0.25, 0.3) is 0 Å². The van der Waals surface area contributed by atoms with E-state index in [1.807, 2.05) is 36.1 Å². The van der Waals surface area contributed by atoms with Crippen LogP contribution in [0.5, 0.6) is 0 Å². The standard InChI is InChI=1S/C17H20Cl2N4O/c1-13-4-5-20-23(13)12-17(24)22-8-6-21(7-9-22)11-14-2-3-15(18)16(19)10-14/h2-5,10H,6-9,11-12H2,1H3. The molecule has 0 saturated carbocycles. The summed E-state index contributed by atoms with van der Waals surface area (Å²) in [5, 5.41) is 5.33. The van der Waals surface area contributed by atoms with Crippen LogP contribution in [-0.2, 0) is 17.9 Å². The molecule has 1 aromatic heterocycles. The Morgan fingerprint density at radius 2 is 1.88 bits per heavy atom. The first kappa shape index (κ1) is 17.3. The number of aromatic nitrogens is 2. The molecule has 1 aliphatic heterocycles. The summed E-state index contributed by atoms with van der Waals surface area (Å²) in [5.74, 6) is 0.121. The smallest absolute Gasteiger partial charge is 0.244 e. The number of hydrogen-bond donors (Lipinski definition) is 0. The normalized spacial score (nSPS) is 15.7. The summed E-state index contributed by atoms with van der Waals surface area (Å²) in [5.41, 5.74) is 2.14. The average Bonchev–Trinajstić information content (AvgIpc) is 2.97. The highest BCUT2D eigenvalue weighted by Crippen LogP contribution is 2.23. The first-order chi connectivity index (χ1) is 11.5. The fourth-order valence-electron chi connectivity index (χ4n) is 2.84. The quantitative estimate of drug-likeness (QED) is 0.835. The summed E-state index contributed by atoms with van der Waals surface area (Å²) < 4.78 is 1.74. The molecule has 1 amide bonds. The van der Waals surface area contributed by atoms with Crippen LogP contribution < -0.4 is 0 Å². The minimum atomic E-state index is 0.121. The number of amides is 1. The van der Waals surface area contributed by atoms with Gasteiger partial charge in [0.1, 0.15) is 6.54 Å². The van der Waals surface area contributed by atoms with Crippen molar-refractivity contribution in [2.75, 3.05) is 26.2 Å². The number of rotatable bonds is 4. The van der Waals surface area contributed by atoms with E-state index in [1.54, 1.807) is 10.9 Å². The fourth-order valence-corrected chi connectivity index (χ4v) is 3.16. The second kappa shape index (κ2) is 7.55. The molecule has 24 heavy (non-hydrogen) atoms.